The fraction of sp³-hybridized carbons (Fsp3) is 0.381. The number of halogens is 1. The molecule has 1 fully saturated rings. The van der Waals surface area contributed by atoms with Gasteiger partial charge >= 0.3 is 0 Å². The molecular formula is C21H24FNO. The van der Waals surface area contributed by atoms with Crippen molar-refractivity contribution in [3.63, 3.8) is 0 Å². The Kier molecular flexibility index (Phi) is 5.63. The third-order valence-electron chi connectivity index (χ3n) is 4.83. The van der Waals surface area contributed by atoms with Gasteiger partial charge in [-0.15, -0.1) is 0 Å². The highest BCUT2D eigenvalue weighted by Gasteiger charge is 2.15. The molecule has 1 aliphatic carbocycles. The van der Waals surface area contributed by atoms with Crippen LogP contribution in [-0.2, 0) is 11.2 Å². The highest BCUT2D eigenvalue weighted by Crippen LogP contribution is 2.27. The zero-order valence-corrected chi connectivity index (χ0v) is 13.9. The molecule has 3 heteroatoms. The van der Waals surface area contributed by atoms with Crippen LogP contribution in [0, 0.1) is 11.7 Å². The first kappa shape index (κ1) is 16.7. The van der Waals surface area contributed by atoms with E-state index in [9.17, 15) is 9.18 Å². The predicted molar refractivity (Wildman–Crippen MR) is 95.1 cm³/mol. The molecule has 1 aliphatic rings. The van der Waals surface area contributed by atoms with Gasteiger partial charge in [-0.05, 0) is 29.5 Å². The van der Waals surface area contributed by atoms with Crippen LogP contribution < -0.4 is 5.32 Å². The van der Waals surface area contributed by atoms with Crippen LogP contribution in [0.4, 0.5) is 4.39 Å². The number of rotatable bonds is 6. The van der Waals surface area contributed by atoms with E-state index in [-0.39, 0.29) is 18.1 Å². The van der Waals surface area contributed by atoms with Crippen LogP contribution in [0.3, 0.4) is 0 Å². The van der Waals surface area contributed by atoms with Crippen molar-refractivity contribution in [2.75, 3.05) is 6.54 Å². The SMILES string of the molecule is O=C(Cc1ccc(-c2ccccc2)c(F)c1)NCCC1CCCC1. The molecule has 3 rings (SSSR count). The predicted octanol–water partition coefficient (Wildman–Crippen LogP) is 4.73. The van der Waals surface area contributed by atoms with Crippen LogP contribution in [0.2, 0.25) is 0 Å². The molecule has 0 unspecified atom stereocenters. The highest BCUT2D eigenvalue weighted by molar-refractivity contribution is 5.78. The van der Waals surface area contributed by atoms with Crippen LogP contribution in [0.5, 0.6) is 0 Å². The van der Waals surface area contributed by atoms with Crippen LogP contribution >= 0.6 is 0 Å². The molecule has 2 aromatic rings. The molecule has 0 atom stereocenters. The van der Waals surface area contributed by atoms with E-state index in [1.807, 2.05) is 36.4 Å². The second kappa shape index (κ2) is 8.09. The largest absolute Gasteiger partial charge is 0.356 e. The quantitative estimate of drug-likeness (QED) is 0.817. The molecule has 126 valence electrons. The number of carbonyl (C=O) groups is 1. The average Bonchev–Trinajstić information content (AvgIpc) is 3.09. The normalized spacial score (nSPS) is 14.7. The van der Waals surface area contributed by atoms with Gasteiger partial charge in [0.05, 0.1) is 6.42 Å². The highest BCUT2D eigenvalue weighted by atomic mass is 19.1. The van der Waals surface area contributed by atoms with E-state index in [1.54, 1.807) is 6.07 Å². The molecule has 0 radical (unpaired) electrons. The van der Waals surface area contributed by atoms with Gasteiger partial charge in [0.25, 0.3) is 0 Å². The van der Waals surface area contributed by atoms with E-state index in [1.165, 1.54) is 31.7 Å². The van der Waals surface area contributed by atoms with Gasteiger partial charge in [0.1, 0.15) is 5.82 Å². The zero-order valence-electron chi connectivity index (χ0n) is 13.9. The van der Waals surface area contributed by atoms with Crippen LogP contribution in [0.1, 0.15) is 37.7 Å². The van der Waals surface area contributed by atoms with Gasteiger partial charge in [-0.1, -0.05) is 68.1 Å². The van der Waals surface area contributed by atoms with Crippen molar-refractivity contribution < 1.29 is 9.18 Å². The molecule has 0 bridgehead atoms. The number of amides is 1. The molecule has 2 nitrogen and oxygen atoms in total. The lowest BCUT2D eigenvalue weighted by molar-refractivity contribution is -0.120. The smallest absolute Gasteiger partial charge is 0.224 e. The Morgan fingerprint density at radius 1 is 1.08 bits per heavy atom. The van der Waals surface area contributed by atoms with Gasteiger partial charge in [-0.3, -0.25) is 4.79 Å². The van der Waals surface area contributed by atoms with E-state index < -0.39 is 0 Å². The summed E-state index contributed by atoms with van der Waals surface area (Å²) in [5.74, 6) is 0.463. The van der Waals surface area contributed by atoms with Crippen molar-refractivity contribution in [3.05, 3.63) is 59.9 Å². The Balaban J connectivity index is 1.53. The summed E-state index contributed by atoms with van der Waals surface area (Å²) in [6, 6.07) is 14.5. The summed E-state index contributed by atoms with van der Waals surface area (Å²) in [6.45, 7) is 0.730. The fourth-order valence-electron chi connectivity index (χ4n) is 3.48. The number of hydrogen-bond donors (Lipinski definition) is 1. The standard InChI is InChI=1S/C21H24FNO/c22-20-14-17(10-11-19(20)18-8-2-1-3-9-18)15-21(24)23-13-12-16-6-4-5-7-16/h1-3,8-11,14,16H,4-7,12-13,15H2,(H,23,24). The summed E-state index contributed by atoms with van der Waals surface area (Å²) >= 11 is 0. The minimum Gasteiger partial charge on any atom is -0.356 e. The summed E-state index contributed by atoms with van der Waals surface area (Å²) in [7, 11) is 0. The third-order valence-corrected chi connectivity index (χ3v) is 4.83. The second-order valence-electron chi connectivity index (χ2n) is 6.65. The Bertz CT molecular complexity index is 677. The van der Waals surface area contributed by atoms with Gasteiger partial charge < -0.3 is 5.32 Å². The Hall–Kier alpha value is -2.16. The van der Waals surface area contributed by atoms with Crippen molar-refractivity contribution in [2.24, 2.45) is 5.92 Å². The minimum atomic E-state index is -0.280. The van der Waals surface area contributed by atoms with Gasteiger partial charge in [-0.25, -0.2) is 4.39 Å². The summed E-state index contributed by atoms with van der Waals surface area (Å²) in [5, 5.41) is 2.96. The first-order chi connectivity index (χ1) is 11.7. The zero-order chi connectivity index (χ0) is 16.8. The van der Waals surface area contributed by atoms with Crippen molar-refractivity contribution >= 4 is 5.91 Å². The van der Waals surface area contributed by atoms with Crippen molar-refractivity contribution in [2.45, 2.75) is 38.5 Å². The van der Waals surface area contributed by atoms with E-state index in [4.69, 9.17) is 0 Å². The molecule has 24 heavy (non-hydrogen) atoms. The number of hydrogen-bond acceptors (Lipinski definition) is 1. The molecule has 0 heterocycles. The summed E-state index contributed by atoms with van der Waals surface area (Å²) in [4.78, 5) is 12.0. The lowest BCUT2D eigenvalue weighted by Gasteiger charge is -2.10. The molecule has 0 aromatic heterocycles. The van der Waals surface area contributed by atoms with Crippen molar-refractivity contribution in [1.82, 2.24) is 5.32 Å². The maximum absolute atomic E-state index is 14.3. The summed E-state index contributed by atoms with van der Waals surface area (Å²) in [5.41, 5.74) is 2.13. The van der Waals surface area contributed by atoms with E-state index in [0.29, 0.717) is 11.1 Å². The lowest BCUT2D eigenvalue weighted by Crippen LogP contribution is -2.27. The van der Waals surface area contributed by atoms with Crippen molar-refractivity contribution in [1.29, 1.82) is 0 Å². The summed E-state index contributed by atoms with van der Waals surface area (Å²) < 4.78 is 14.3. The molecule has 1 N–H and O–H groups in total. The summed E-state index contributed by atoms with van der Waals surface area (Å²) in [6.07, 6.45) is 6.53. The van der Waals surface area contributed by atoms with Gasteiger partial charge in [0.2, 0.25) is 5.91 Å². The minimum absolute atomic E-state index is 0.0279. The van der Waals surface area contributed by atoms with Crippen LogP contribution in [0.25, 0.3) is 11.1 Å². The van der Waals surface area contributed by atoms with Crippen LogP contribution in [-0.4, -0.2) is 12.5 Å². The fourth-order valence-corrected chi connectivity index (χ4v) is 3.48. The van der Waals surface area contributed by atoms with E-state index in [2.05, 4.69) is 5.32 Å². The molecule has 0 aliphatic heterocycles. The van der Waals surface area contributed by atoms with Crippen LogP contribution in [0.15, 0.2) is 48.5 Å². The average molecular weight is 325 g/mol. The maximum Gasteiger partial charge on any atom is 0.224 e. The number of carbonyl (C=O) groups excluding carboxylic acids is 1. The van der Waals surface area contributed by atoms with Gasteiger partial charge in [0, 0.05) is 12.1 Å². The second-order valence-corrected chi connectivity index (χ2v) is 6.65. The molecular weight excluding hydrogens is 301 g/mol. The molecule has 2 aromatic carbocycles. The Morgan fingerprint density at radius 3 is 2.54 bits per heavy atom. The molecule has 1 saturated carbocycles. The lowest BCUT2D eigenvalue weighted by atomic mass is 10.0. The van der Waals surface area contributed by atoms with Crippen molar-refractivity contribution in [3.8, 4) is 11.1 Å². The third kappa shape index (κ3) is 4.44. The molecule has 0 spiro atoms. The molecule has 1 amide bonds. The first-order valence-electron chi connectivity index (χ1n) is 8.83. The Morgan fingerprint density at radius 2 is 1.83 bits per heavy atom. The number of benzene rings is 2. The monoisotopic (exact) mass is 325 g/mol. The maximum atomic E-state index is 14.3. The Labute approximate surface area is 143 Å². The van der Waals surface area contributed by atoms with E-state index >= 15 is 0 Å². The molecule has 0 saturated heterocycles. The first-order valence-corrected chi connectivity index (χ1v) is 8.83. The van der Waals surface area contributed by atoms with Gasteiger partial charge in [-0.2, -0.15) is 0 Å². The topological polar surface area (TPSA) is 29.1 Å². The van der Waals surface area contributed by atoms with E-state index in [0.717, 1.165) is 24.4 Å². The number of nitrogens with one attached hydrogen (secondary N) is 1. The van der Waals surface area contributed by atoms with Gasteiger partial charge in [0.15, 0.2) is 0 Å².